The number of unbranched alkanes of at least 4 members (excludes halogenated alkanes) is 2. The largest absolute Gasteiger partial charge is 0.465 e. The highest BCUT2D eigenvalue weighted by Gasteiger charge is 2.47. The molecule has 0 aromatic heterocycles. The zero-order valence-corrected chi connectivity index (χ0v) is 19.9. The predicted octanol–water partition coefficient (Wildman–Crippen LogP) is 7.12. The van der Waals surface area contributed by atoms with E-state index in [1.807, 2.05) is 6.92 Å². The third kappa shape index (κ3) is 5.68. The molecule has 0 radical (unpaired) electrons. The van der Waals surface area contributed by atoms with Gasteiger partial charge < -0.3 is 4.74 Å². The van der Waals surface area contributed by atoms with Gasteiger partial charge in [-0.2, -0.15) is 0 Å². The average Bonchev–Trinajstić information content (AvgIpc) is 2.78. The van der Waals surface area contributed by atoms with Crippen LogP contribution in [0.4, 0.5) is 0 Å². The third-order valence-corrected chi connectivity index (χ3v) is 9.13. The Bertz CT molecular complexity index is 554. The maximum Gasteiger partial charge on any atom is 0.319 e. The fraction of sp³-hybridized carbons (Fsp3) is 0.926. The molecule has 0 aliphatic heterocycles. The summed E-state index contributed by atoms with van der Waals surface area (Å²) in [6, 6.07) is 0. The molecule has 30 heavy (non-hydrogen) atoms. The summed E-state index contributed by atoms with van der Waals surface area (Å²) in [5, 5.41) is 0. The number of ether oxygens (including phenoxy) is 1. The first-order chi connectivity index (χ1) is 14.5. The standard InChI is InChI=1S/C27H46O3/c1-4-6-7-18-30-26(29)27(3)17-16-24(19-25(27)28)23-14-12-22(13-15-23)21-10-8-20(5-2)9-11-21/h20-24H,4-19H2,1-3H3/t20?,21?,22?,23?,24-,27+/m1/s1. The first-order valence-corrected chi connectivity index (χ1v) is 13.2. The zero-order chi connectivity index (χ0) is 21.6. The Labute approximate surface area is 185 Å². The monoisotopic (exact) mass is 418 g/mol. The molecule has 3 nitrogen and oxygen atoms in total. The SMILES string of the molecule is CCCCCOC(=O)[C@@]1(C)CC[C@@H](C2CCC(C3CCC(CC)CC3)CC2)CC1=O. The Morgan fingerprint density at radius 2 is 1.43 bits per heavy atom. The zero-order valence-electron chi connectivity index (χ0n) is 19.9. The molecule has 0 spiro atoms. The Balaban J connectivity index is 1.42. The topological polar surface area (TPSA) is 43.4 Å². The summed E-state index contributed by atoms with van der Waals surface area (Å²) in [5.74, 6) is 3.94. The molecule has 0 unspecified atom stereocenters. The van der Waals surface area contributed by atoms with Crippen LogP contribution in [0.3, 0.4) is 0 Å². The van der Waals surface area contributed by atoms with E-state index < -0.39 is 5.41 Å². The van der Waals surface area contributed by atoms with Crippen LogP contribution in [-0.4, -0.2) is 18.4 Å². The van der Waals surface area contributed by atoms with Crippen molar-refractivity contribution in [1.82, 2.24) is 0 Å². The van der Waals surface area contributed by atoms with Crippen LogP contribution in [0.1, 0.15) is 117 Å². The van der Waals surface area contributed by atoms with Gasteiger partial charge in [0.25, 0.3) is 0 Å². The smallest absolute Gasteiger partial charge is 0.319 e. The van der Waals surface area contributed by atoms with Crippen LogP contribution in [0.25, 0.3) is 0 Å². The summed E-state index contributed by atoms with van der Waals surface area (Å²) in [4.78, 5) is 25.6. The molecule has 172 valence electrons. The van der Waals surface area contributed by atoms with Crippen molar-refractivity contribution < 1.29 is 14.3 Å². The molecule has 3 heteroatoms. The van der Waals surface area contributed by atoms with Gasteiger partial charge in [-0.1, -0.05) is 46.0 Å². The lowest BCUT2D eigenvalue weighted by Crippen LogP contribution is -2.44. The molecule has 3 saturated carbocycles. The summed E-state index contributed by atoms with van der Waals surface area (Å²) >= 11 is 0. The van der Waals surface area contributed by atoms with Crippen molar-refractivity contribution in [2.45, 2.75) is 117 Å². The van der Waals surface area contributed by atoms with E-state index >= 15 is 0 Å². The van der Waals surface area contributed by atoms with Crippen LogP contribution in [0, 0.1) is 35.0 Å². The molecular weight excluding hydrogens is 372 g/mol. The molecule has 3 fully saturated rings. The van der Waals surface area contributed by atoms with Gasteiger partial charge in [-0.05, 0) is 94.3 Å². The second-order valence-electron chi connectivity index (χ2n) is 11.0. The molecule has 0 aromatic carbocycles. The molecule has 3 rings (SSSR count). The van der Waals surface area contributed by atoms with Gasteiger partial charge in [-0.3, -0.25) is 9.59 Å². The summed E-state index contributed by atoms with van der Waals surface area (Å²) in [7, 11) is 0. The van der Waals surface area contributed by atoms with E-state index in [9.17, 15) is 9.59 Å². The Morgan fingerprint density at radius 3 is 1.97 bits per heavy atom. The van der Waals surface area contributed by atoms with E-state index in [0.29, 0.717) is 31.3 Å². The van der Waals surface area contributed by atoms with Crippen LogP contribution in [0.15, 0.2) is 0 Å². The van der Waals surface area contributed by atoms with Crippen molar-refractivity contribution in [3.05, 3.63) is 0 Å². The van der Waals surface area contributed by atoms with E-state index in [4.69, 9.17) is 4.74 Å². The van der Waals surface area contributed by atoms with Crippen LogP contribution in [0.2, 0.25) is 0 Å². The minimum atomic E-state index is -0.891. The molecular formula is C27H46O3. The Morgan fingerprint density at radius 1 is 0.867 bits per heavy atom. The van der Waals surface area contributed by atoms with Gasteiger partial charge in [0.15, 0.2) is 0 Å². The third-order valence-electron chi connectivity index (χ3n) is 9.13. The van der Waals surface area contributed by atoms with Crippen LogP contribution in [0.5, 0.6) is 0 Å². The molecule has 3 aliphatic rings. The maximum atomic E-state index is 13.0. The summed E-state index contributed by atoms with van der Waals surface area (Å²) < 4.78 is 5.47. The van der Waals surface area contributed by atoms with Crippen LogP contribution in [-0.2, 0) is 14.3 Å². The van der Waals surface area contributed by atoms with Crippen molar-refractivity contribution in [1.29, 1.82) is 0 Å². The number of carbonyl (C=O) groups is 2. The lowest BCUT2D eigenvalue weighted by molar-refractivity contribution is -0.162. The van der Waals surface area contributed by atoms with Crippen LogP contribution >= 0.6 is 0 Å². The normalized spacial score (nSPS) is 37.7. The second kappa shape index (κ2) is 11.1. The minimum absolute atomic E-state index is 0.138. The van der Waals surface area contributed by atoms with E-state index in [1.54, 1.807) is 0 Å². The fourth-order valence-electron chi connectivity index (χ4n) is 6.63. The molecule has 0 amide bonds. The highest BCUT2D eigenvalue weighted by molar-refractivity contribution is 6.04. The summed E-state index contributed by atoms with van der Waals surface area (Å²) in [6.45, 7) is 6.78. The highest BCUT2D eigenvalue weighted by atomic mass is 16.5. The highest BCUT2D eigenvalue weighted by Crippen LogP contribution is 2.47. The second-order valence-corrected chi connectivity index (χ2v) is 11.0. The van der Waals surface area contributed by atoms with Crippen LogP contribution < -0.4 is 0 Å². The van der Waals surface area contributed by atoms with Gasteiger partial charge in [-0.25, -0.2) is 0 Å². The van der Waals surface area contributed by atoms with E-state index in [1.165, 1.54) is 57.8 Å². The number of carbonyl (C=O) groups excluding carboxylic acids is 2. The van der Waals surface area contributed by atoms with Crippen molar-refractivity contribution in [3.63, 3.8) is 0 Å². The van der Waals surface area contributed by atoms with E-state index in [2.05, 4.69) is 13.8 Å². The molecule has 0 bridgehead atoms. The van der Waals surface area contributed by atoms with E-state index in [-0.39, 0.29) is 11.8 Å². The molecule has 0 N–H and O–H groups in total. The number of rotatable bonds is 8. The maximum absolute atomic E-state index is 13.0. The van der Waals surface area contributed by atoms with Gasteiger partial charge in [0.2, 0.25) is 0 Å². The number of hydrogen-bond donors (Lipinski definition) is 0. The van der Waals surface area contributed by atoms with Gasteiger partial charge in [-0.15, -0.1) is 0 Å². The molecule has 0 aromatic rings. The molecule has 2 atom stereocenters. The Hall–Kier alpha value is -0.860. The van der Waals surface area contributed by atoms with Gasteiger partial charge in [0, 0.05) is 6.42 Å². The summed E-state index contributed by atoms with van der Waals surface area (Å²) in [5.41, 5.74) is -0.891. The average molecular weight is 419 g/mol. The summed E-state index contributed by atoms with van der Waals surface area (Å²) in [6.07, 6.45) is 17.9. The predicted molar refractivity (Wildman–Crippen MR) is 122 cm³/mol. The van der Waals surface area contributed by atoms with Crippen molar-refractivity contribution >= 4 is 11.8 Å². The molecule has 0 heterocycles. The number of ketones is 1. The van der Waals surface area contributed by atoms with Gasteiger partial charge in [0.1, 0.15) is 11.2 Å². The van der Waals surface area contributed by atoms with Gasteiger partial charge in [0.05, 0.1) is 6.61 Å². The van der Waals surface area contributed by atoms with Crippen molar-refractivity contribution in [2.75, 3.05) is 6.61 Å². The number of hydrogen-bond acceptors (Lipinski definition) is 3. The Kier molecular flexibility index (Phi) is 8.83. The first-order valence-electron chi connectivity index (χ1n) is 13.2. The van der Waals surface area contributed by atoms with Crippen molar-refractivity contribution in [2.24, 2.45) is 35.0 Å². The number of Topliss-reactive ketones (excluding diaryl/α,β-unsaturated/α-hetero) is 1. The van der Waals surface area contributed by atoms with Gasteiger partial charge >= 0.3 is 5.97 Å². The molecule has 3 aliphatic carbocycles. The molecule has 0 saturated heterocycles. The quantitative estimate of drug-likeness (QED) is 0.239. The lowest BCUT2D eigenvalue weighted by atomic mass is 9.62. The fourth-order valence-corrected chi connectivity index (χ4v) is 6.63. The lowest BCUT2D eigenvalue weighted by Gasteiger charge is -2.42. The minimum Gasteiger partial charge on any atom is -0.465 e. The first kappa shape index (κ1) is 23.8. The van der Waals surface area contributed by atoms with E-state index in [0.717, 1.165) is 43.4 Å². The number of esters is 1. The van der Waals surface area contributed by atoms with Crippen molar-refractivity contribution in [3.8, 4) is 0 Å².